The Hall–Kier alpha value is -0.800. The predicted octanol–water partition coefficient (Wildman–Crippen LogP) is 1.76. The molecule has 1 aromatic heterocycles. The van der Waals surface area contributed by atoms with E-state index >= 15 is 0 Å². The molecule has 1 heterocycles. The average molecular weight is 210 g/mol. The van der Waals surface area contributed by atoms with Gasteiger partial charge in [0.05, 0.1) is 6.10 Å². The summed E-state index contributed by atoms with van der Waals surface area (Å²) < 4.78 is 2.21. The largest absolute Gasteiger partial charge is 0.392 e. The van der Waals surface area contributed by atoms with Crippen molar-refractivity contribution in [2.24, 2.45) is 0 Å². The van der Waals surface area contributed by atoms with Crippen molar-refractivity contribution in [1.29, 1.82) is 0 Å². The maximum Gasteiger partial charge on any atom is 0.0664 e. The van der Waals surface area contributed by atoms with E-state index < -0.39 is 0 Å². The van der Waals surface area contributed by atoms with E-state index in [2.05, 4.69) is 42.1 Å². The van der Waals surface area contributed by atoms with Crippen LogP contribution in [0.3, 0.4) is 0 Å². The Balaban J connectivity index is 2.25. The molecule has 0 aromatic carbocycles. The van der Waals surface area contributed by atoms with Crippen LogP contribution in [0.15, 0.2) is 18.3 Å². The molecule has 0 saturated carbocycles. The first-order valence-corrected chi connectivity index (χ1v) is 5.80. The summed E-state index contributed by atoms with van der Waals surface area (Å²) in [6, 6.07) is 4.17. The molecule has 0 aliphatic heterocycles. The van der Waals surface area contributed by atoms with Crippen molar-refractivity contribution in [2.75, 3.05) is 6.54 Å². The molecule has 2 N–H and O–H groups in total. The van der Waals surface area contributed by atoms with Crippen molar-refractivity contribution in [3.8, 4) is 0 Å². The Morgan fingerprint density at radius 1 is 1.47 bits per heavy atom. The molecule has 0 saturated heterocycles. The number of nitrogens with one attached hydrogen (secondary N) is 1. The number of nitrogens with zero attached hydrogens (tertiary/aromatic N) is 1. The van der Waals surface area contributed by atoms with Gasteiger partial charge >= 0.3 is 0 Å². The molecule has 15 heavy (non-hydrogen) atoms. The number of hydrogen-bond acceptors (Lipinski definition) is 2. The molecule has 0 fully saturated rings. The molecular formula is C12H22N2O. The zero-order chi connectivity index (χ0) is 11.1. The van der Waals surface area contributed by atoms with Crippen LogP contribution in [0.5, 0.6) is 0 Å². The van der Waals surface area contributed by atoms with Crippen LogP contribution in [0.2, 0.25) is 0 Å². The molecule has 1 atom stereocenters. The second kappa shape index (κ2) is 6.64. The fourth-order valence-corrected chi connectivity index (χ4v) is 1.72. The lowest BCUT2D eigenvalue weighted by atomic mass is 10.2. The Labute approximate surface area is 92.1 Å². The number of aromatic nitrogens is 1. The molecule has 3 heteroatoms. The minimum absolute atomic E-state index is 0.208. The van der Waals surface area contributed by atoms with Gasteiger partial charge in [-0.05, 0) is 25.5 Å². The third kappa shape index (κ3) is 4.06. The van der Waals surface area contributed by atoms with E-state index in [1.54, 1.807) is 0 Å². The molecule has 1 rings (SSSR count). The zero-order valence-corrected chi connectivity index (χ0v) is 9.74. The molecule has 0 bridgehead atoms. The monoisotopic (exact) mass is 210 g/mol. The van der Waals surface area contributed by atoms with Gasteiger partial charge in [0.25, 0.3) is 0 Å². The molecule has 86 valence electrons. The molecule has 1 aromatic rings. The SMILES string of the molecule is CCCC(O)CNCc1cccn1CC. The second-order valence-corrected chi connectivity index (χ2v) is 3.86. The van der Waals surface area contributed by atoms with Crippen molar-refractivity contribution in [3.63, 3.8) is 0 Å². The van der Waals surface area contributed by atoms with Gasteiger partial charge < -0.3 is 15.0 Å². The van der Waals surface area contributed by atoms with Crippen molar-refractivity contribution in [1.82, 2.24) is 9.88 Å². The van der Waals surface area contributed by atoms with Gasteiger partial charge in [-0.25, -0.2) is 0 Å². The Morgan fingerprint density at radius 2 is 2.27 bits per heavy atom. The summed E-state index contributed by atoms with van der Waals surface area (Å²) in [5.41, 5.74) is 1.28. The quantitative estimate of drug-likeness (QED) is 0.719. The van der Waals surface area contributed by atoms with Gasteiger partial charge in [0.2, 0.25) is 0 Å². The summed E-state index contributed by atoms with van der Waals surface area (Å²) >= 11 is 0. The number of aliphatic hydroxyl groups excluding tert-OH is 1. The molecule has 0 aliphatic rings. The van der Waals surface area contributed by atoms with E-state index in [1.807, 2.05) is 0 Å². The van der Waals surface area contributed by atoms with Gasteiger partial charge in [0.15, 0.2) is 0 Å². The van der Waals surface area contributed by atoms with Crippen LogP contribution in [0, 0.1) is 0 Å². The highest BCUT2D eigenvalue weighted by Crippen LogP contribution is 2.02. The van der Waals surface area contributed by atoms with Gasteiger partial charge in [0, 0.05) is 31.5 Å². The Morgan fingerprint density at radius 3 is 2.93 bits per heavy atom. The lowest BCUT2D eigenvalue weighted by Gasteiger charge is -2.11. The predicted molar refractivity (Wildman–Crippen MR) is 62.7 cm³/mol. The standard InChI is InChI=1S/C12H22N2O/c1-3-6-12(15)10-13-9-11-7-5-8-14(11)4-2/h5,7-8,12-13,15H,3-4,6,9-10H2,1-2H3. The van der Waals surface area contributed by atoms with Crippen LogP contribution in [0.1, 0.15) is 32.4 Å². The fourth-order valence-electron chi connectivity index (χ4n) is 1.72. The second-order valence-electron chi connectivity index (χ2n) is 3.86. The normalized spacial score (nSPS) is 13.0. The molecule has 0 aliphatic carbocycles. The van der Waals surface area contributed by atoms with E-state index in [0.717, 1.165) is 25.9 Å². The van der Waals surface area contributed by atoms with Gasteiger partial charge in [-0.1, -0.05) is 13.3 Å². The smallest absolute Gasteiger partial charge is 0.0664 e. The van der Waals surface area contributed by atoms with Crippen molar-refractivity contribution in [2.45, 2.75) is 45.9 Å². The third-order valence-electron chi connectivity index (χ3n) is 2.57. The van der Waals surface area contributed by atoms with Crippen LogP contribution in [-0.4, -0.2) is 22.3 Å². The topological polar surface area (TPSA) is 37.2 Å². The number of aryl methyl sites for hydroxylation is 1. The molecule has 3 nitrogen and oxygen atoms in total. The van der Waals surface area contributed by atoms with Crippen LogP contribution >= 0.6 is 0 Å². The highest BCUT2D eigenvalue weighted by Gasteiger charge is 2.03. The Bertz CT molecular complexity index is 270. The first kappa shape index (κ1) is 12.3. The summed E-state index contributed by atoms with van der Waals surface area (Å²) in [7, 11) is 0. The van der Waals surface area contributed by atoms with Crippen molar-refractivity contribution in [3.05, 3.63) is 24.0 Å². The van der Waals surface area contributed by atoms with E-state index in [4.69, 9.17) is 0 Å². The summed E-state index contributed by atoms with van der Waals surface area (Å²) in [4.78, 5) is 0. The first-order chi connectivity index (χ1) is 7.27. The van der Waals surface area contributed by atoms with E-state index in [0.29, 0.717) is 6.54 Å². The van der Waals surface area contributed by atoms with Crippen LogP contribution in [0.25, 0.3) is 0 Å². The molecular weight excluding hydrogens is 188 g/mol. The van der Waals surface area contributed by atoms with E-state index in [1.165, 1.54) is 5.69 Å². The van der Waals surface area contributed by atoms with Crippen LogP contribution in [0.4, 0.5) is 0 Å². The molecule has 0 amide bonds. The van der Waals surface area contributed by atoms with Gasteiger partial charge in [-0.3, -0.25) is 0 Å². The summed E-state index contributed by atoms with van der Waals surface area (Å²) in [5, 5.41) is 12.8. The first-order valence-electron chi connectivity index (χ1n) is 5.80. The summed E-state index contributed by atoms with van der Waals surface area (Å²) in [6.45, 7) is 6.74. The van der Waals surface area contributed by atoms with E-state index in [-0.39, 0.29) is 6.10 Å². The van der Waals surface area contributed by atoms with Gasteiger partial charge in [0.1, 0.15) is 0 Å². The van der Waals surface area contributed by atoms with E-state index in [9.17, 15) is 5.11 Å². The molecule has 1 unspecified atom stereocenters. The minimum atomic E-state index is -0.208. The molecule has 0 spiro atoms. The summed E-state index contributed by atoms with van der Waals surface area (Å²) in [5.74, 6) is 0. The summed E-state index contributed by atoms with van der Waals surface area (Å²) in [6.07, 6.45) is 3.79. The highest BCUT2D eigenvalue weighted by molar-refractivity contribution is 5.06. The van der Waals surface area contributed by atoms with Crippen LogP contribution in [-0.2, 0) is 13.1 Å². The molecule has 0 radical (unpaired) electrons. The van der Waals surface area contributed by atoms with Crippen molar-refractivity contribution < 1.29 is 5.11 Å². The lowest BCUT2D eigenvalue weighted by molar-refractivity contribution is 0.160. The Kier molecular flexibility index (Phi) is 5.43. The number of rotatable bonds is 7. The lowest BCUT2D eigenvalue weighted by Crippen LogP contribution is -2.27. The average Bonchev–Trinajstić information content (AvgIpc) is 2.66. The van der Waals surface area contributed by atoms with Crippen LogP contribution < -0.4 is 5.32 Å². The zero-order valence-electron chi connectivity index (χ0n) is 9.74. The highest BCUT2D eigenvalue weighted by atomic mass is 16.3. The van der Waals surface area contributed by atoms with Gasteiger partial charge in [-0.2, -0.15) is 0 Å². The maximum atomic E-state index is 9.53. The third-order valence-corrected chi connectivity index (χ3v) is 2.57. The van der Waals surface area contributed by atoms with Crippen molar-refractivity contribution >= 4 is 0 Å². The number of hydrogen-bond donors (Lipinski definition) is 2. The maximum absolute atomic E-state index is 9.53. The minimum Gasteiger partial charge on any atom is -0.392 e. The number of aliphatic hydroxyl groups is 1. The fraction of sp³-hybridized carbons (Fsp3) is 0.667. The van der Waals surface area contributed by atoms with Gasteiger partial charge in [-0.15, -0.1) is 0 Å².